The average Bonchev–Trinajstić information content (AvgIpc) is 2.88. The zero-order chi connectivity index (χ0) is 14.6. The van der Waals surface area contributed by atoms with Gasteiger partial charge in [-0.1, -0.05) is 0 Å². The number of aryl methyl sites for hydroxylation is 2. The van der Waals surface area contributed by atoms with Gasteiger partial charge in [0.1, 0.15) is 5.52 Å². The molecular weight excluding hydrogens is 292 g/mol. The lowest BCUT2D eigenvalue weighted by Crippen LogP contribution is -2.44. The molecule has 0 radical (unpaired) electrons. The van der Waals surface area contributed by atoms with Crippen molar-refractivity contribution in [3.05, 3.63) is 22.4 Å². The van der Waals surface area contributed by atoms with Gasteiger partial charge in [0.15, 0.2) is 11.4 Å². The van der Waals surface area contributed by atoms with Crippen molar-refractivity contribution in [1.29, 1.82) is 0 Å². The van der Waals surface area contributed by atoms with Gasteiger partial charge in [0.05, 0.1) is 30.3 Å². The first-order valence-corrected chi connectivity index (χ1v) is 7.40. The van der Waals surface area contributed by atoms with E-state index >= 15 is 0 Å². The van der Waals surface area contributed by atoms with Crippen LogP contribution in [0.1, 0.15) is 35.8 Å². The largest absolute Gasteiger partial charge is 0.347 e. The van der Waals surface area contributed by atoms with Crippen molar-refractivity contribution in [3.8, 4) is 0 Å². The third-order valence-electron chi connectivity index (χ3n) is 4.26. The minimum Gasteiger partial charge on any atom is -0.347 e. The monoisotopic (exact) mass is 306 g/mol. The Morgan fingerprint density at radius 1 is 1.00 bits per heavy atom. The van der Waals surface area contributed by atoms with Gasteiger partial charge in [0, 0.05) is 18.8 Å². The highest BCUT2D eigenvalue weighted by molar-refractivity contribution is 6.28. The van der Waals surface area contributed by atoms with Crippen LogP contribution in [0.2, 0.25) is 5.28 Å². The Kier molecular flexibility index (Phi) is 2.89. The molecule has 2 fully saturated rings. The third kappa shape index (κ3) is 2.09. The number of hydrogen-bond donors (Lipinski definition) is 0. The van der Waals surface area contributed by atoms with Crippen molar-refractivity contribution in [2.45, 2.75) is 38.4 Å². The zero-order valence-corrected chi connectivity index (χ0v) is 12.6. The quantitative estimate of drug-likeness (QED) is 0.753. The second-order valence-corrected chi connectivity index (χ2v) is 6.00. The van der Waals surface area contributed by atoms with Gasteiger partial charge in [-0.2, -0.15) is 4.98 Å². The summed E-state index contributed by atoms with van der Waals surface area (Å²) in [5.41, 5.74) is 3.89. The molecule has 1 saturated heterocycles. The second-order valence-electron chi connectivity index (χ2n) is 5.66. The van der Waals surface area contributed by atoms with Crippen LogP contribution in [-0.4, -0.2) is 38.9 Å². The predicted molar refractivity (Wildman–Crippen MR) is 76.2 cm³/mol. The molecule has 110 valence electrons. The molecule has 1 spiro atoms. The van der Waals surface area contributed by atoms with Crippen LogP contribution in [0, 0.1) is 13.8 Å². The van der Waals surface area contributed by atoms with Gasteiger partial charge >= 0.3 is 0 Å². The Hall–Kier alpha value is -1.37. The lowest BCUT2D eigenvalue weighted by Gasteiger charge is -2.42. The summed E-state index contributed by atoms with van der Waals surface area (Å²) in [6, 6.07) is 0. The van der Waals surface area contributed by atoms with Crippen LogP contribution >= 0.6 is 11.6 Å². The van der Waals surface area contributed by atoms with Crippen LogP contribution in [-0.2, 0) is 9.47 Å². The second kappa shape index (κ2) is 4.56. The predicted octanol–water partition coefficient (Wildman–Crippen LogP) is 2.31. The highest BCUT2D eigenvalue weighted by atomic mass is 35.5. The lowest BCUT2D eigenvalue weighted by molar-refractivity contribution is -0.215. The molecule has 1 aliphatic heterocycles. The van der Waals surface area contributed by atoms with E-state index in [1.807, 2.05) is 13.8 Å². The SMILES string of the molecule is Cc1nc2nc(Cl)nc(C3CC4(C3)OCCO4)c2nc1C. The van der Waals surface area contributed by atoms with Crippen molar-refractivity contribution >= 4 is 22.8 Å². The molecule has 0 N–H and O–H groups in total. The fourth-order valence-corrected chi connectivity index (χ4v) is 3.18. The minimum atomic E-state index is -0.415. The van der Waals surface area contributed by atoms with E-state index in [1.165, 1.54) is 0 Å². The fourth-order valence-electron chi connectivity index (χ4n) is 3.01. The molecule has 21 heavy (non-hydrogen) atoms. The zero-order valence-electron chi connectivity index (χ0n) is 11.9. The molecule has 2 aromatic rings. The number of rotatable bonds is 1. The van der Waals surface area contributed by atoms with Gasteiger partial charge in [0.25, 0.3) is 0 Å². The van der Waals surface area contributed by atoms with Gasteiger partial charge in [-0.05, 0) is 25.4 Å². The molecule has 0 aromatic carbocycles. The van der Waals surface area contributed by atoms with Crippen molar-refractivity contribution in [2.75, 3.05) is 13.2 Å². The molecule has 6 nitrogen and oxygen atoms in total. The Morgan fingerprint density at radius 3 is 2.38 bits per heavy atom. The number of aromatic nitrogens is 4. The van der Waals surface area contributed by atoms with Crippen molar-refractivity contribution in [1.82, 2.24) is 19.9 Å². The molecule has 3 heterocycles. The fraction of sp³-hybridized carbons (Fsp3) is 0.571. The van der Waals surface area contributed by atoms with Gasteiger partial charge in [-0.15, -0.1) is 0 Å². The number of hydrogen-bond acceptors (Lipinski definition) is 6. The van der Waals surface area contributed by atoms with E-state index in [0.717, 1.165) is 35.4 Å². The Bertz CT molecular complexity index is 722. The number of halogens is 1. The number of fused-ring (bicyclic) bond motifs is 1. The maximum Gasteiger partial charge on any atom is 0.224 e. The summed E-state index contributed by atoms with van der Waals surface area (Å²) < 4.78 is 11.4. The van der Waals surface area contributed by atoms with Gasteiger partial charge in [-0.3, -0.25) is 0 Å². The van der Waals surface area contributed by atoms with Crippen molar-refractivity contribution in [2.24, 2.45) is 0 Å². The van der Waals surface area contributed by atoms with Crippen molar-refractivity contribution in [3.63, 3.8) is 0 Å². The van der Waals surface area contributed by atoms with Crippen LogP contribution in [0.25, 0.3) is 11.2 Å². The average molecular weight is 307 g/mol. The number of nitrogens with zero attached hydrogens (tertiary/aromatic N) is 4. The van der Waals surface area contributed by atoms with Crippen LogP contribution in [0.3, 0.4) is 0 Å². The molecular formula is C14H15ClN4O2. The smallest absolute Gasteiger partial charge is 0.224 e. The van der Waals surface area contributed by atoms with E-state index in [9.17, 15) is 0 Å². The maximum atomic E-state index is 6.04. The Balaban J connectivity index is 1.76. The molecule has 1 saturated carbocycles. The van der Waals surface area contributed by atoms with Gasteiger partial charge < -0.3 is 9.47 Å². The highest BCUT2D eigenvalue weighted by Gasteiger charge is 2.50. The third-order valence-corrected chi connectivity index (χ3v) is 4.43. The van der Waals surface area contributed by atoms with E-state index in [-0.39, 0.29) is 11.2 Å². The molecule has 2 aromatic heterocycles. The summed E-state index contributed by atoms with van der Waals surface area (Å²) in [6.45, 7) is 5.17. The molecule has 7 heteroatoms. The molecule has 1 aliphatic carbocycles. The van der Waals surface area contributed by atoms with E-state index in [0.29, 0.717) is 18.9 Å². The lowest BCUT2D eigenvalue weighted by atomic mass is 9.76. The Morgan fingerprint density at radius 2 is 1.67 bits per heavy atom. The molecule has 0 amide bonds. The topological polar surface area (TPSA) is 70.0 Å². The van der Waals surface area contributed by atoms with Crippen LogP contribution < -0.4 is 0 Å². The maximum absolute atomic E-state index is 6.04. The Labute approximate surface area is 126 Å². The molecule has 0 atom stereocenters. The summed E-state index contributed by atoms with van der Waals surface area (Å²) in [4.78, 5) is 17.6. The van der Waals surface area contributed by atoms with E-state index in [1.54, 1.807) is 0 Å². The standard InChI is InChI=1S/C14H15ClN4O2/c1-7-8(2)17-12-11(16-7)10(18-13(15)19-12)9-5-14(6-9)20-3-4-21-14/h9H,3-6H2,1-2H3. The first-order valence-electron chi connectivity index (χ1n) is 7.03. The first kappa shape index (κ1) is 13.3. The van der Waals surface area contributed by atoms with Gasteiger partial charge in [-0.25, -0.2) is 15.0 Å². The van der Waals surface area contributed by atoms with Crippen LogP contribution in [0.5, 0.6) is 0 Å². The summed E-state index contributed by atoms with van der Waals surface area (Å²) in [5.74, 6) is -0.191. The number of ether oxygens (including phenoxy) is 2. The van der Waals surface area contributed by atoms with Crippen LogP contribution in [0.15, 0.2) is 0 Å². The minimum absolute atomic E-state index is 0.212. The highest BCUT2D eigenvalue weighted by Crippen LogP contribution is 2.50. The van der Waals surface area contributed by atoms with Gasteiger partial charge in [0.2, 0.25) is 5.28 Å². The molecule has 0 bridgehead atoms. The molecule has 2 aliphatic rings. The summed E-state index contributed by atoms with van der Waals surface area (Å²) in [5, 5.41) is 0.212. The summed E-state index contributed by atoms with van der Waals surface area (Å²) >= 11 is 6.04. The molecule has 4 rings (SSSR count). The van der Waals surface area contributed by atoms with E-state index in [2.05, 4.69) is 19.9 Å². The van der Waals surface area contributed by atoms with E-state index < -0.39 is 5.79 Å². The normalized spacial score (nSPS) is 21.1. The molecule has 0 unspecified atom stereocenters. The van der Waals surface area contributed by atoms with Crippen LogP contribution in [0.4, 0.5) is 0 Å². The first-order chi connectivity index (χ1) is 10.1. The van der Waals surface area contributed by atoms with E-state index in [4.69, 9.17) is 21.1 Å². The van der Waals surface area contributed by atoms with Crippen molar-refractivity contribution < 1.29 is 9.47 Å². The summed E-state index contributed by atoms with van der Waals surface area (Å²) in [6.07, 6.45) is 1.56. The summed E-state index contributed by atoms with van der Waals surface area (Å²) in [7, 11) is 0.